The molecule has 2 aromatic heterocycles. The van der Waals surface area contributed by atoms with Gasteiger partial charge in [-0.25, -0.2) is 23.8 Å². The second kappa shape index (κ2) is 11.6. The maximum atomic E-state index is 15.9. The van der Waals surface area contributed by atoms with E-state index in [0.717, 1.165) is 30.9 Å². The number of nitrogen functional groups attached to an aromatic ring is 1. The van der Waals surface area contributed by atoms with Gasteiger partial charge in [0, 0.05) is 56.9 Å². The van der Waals surface area contributed by atoms with Gasteiger partial charge in [0.05, 0.1) is 11.4 Å². The van der Waals surface area contributed by atoms with Gasteiger partial charge in [-0.05, 0) is 63.6 Å². The number of anilines is 1. The summed E-state index contributed by atoms with van der Waals surface area (Å²) in [6.45, 7) is 9.85. The third kappa shape index (κ3) is 5.91. The Morgan fingerprint density at radius 3 is 2.29 bits per heavy atom. The molecule has 12 heteroatoms. The fourth-order valence-corrected chi connectivity index (χ4v) is 6.44. The number of para-hydroxylation sites is 1. The Morgan fingerprint density at radius 1 is 0.911 bits per heavy atom. The van der Waals surface area contributed by atoms with E-state index in [1.54, 1.807) is 9.58 Å². The molecule has 11 nitrogen and oxygen atoms in total. The van der Waals surface area contributed by atoms with Gasteiger partial charge in [-0.3, -0.25) is 9.80 Å². The number of halogens is 1. The van der Waals surface area contributed by atoms with Crippen LogP contribution in [0, 0.1) is 0 Å². The molecule has 0 spiro atoms. The van der Waals surface area contributed by atoms with Gasteiger partial charge in [-0.2, -0.15) is 5.10 Å². The van der Waals surface area contributed by atoms with Crippen molar-refractivity contribution in [2.24, 2.45) is 0 Å². The van der Waals surface area contributed by atoms with Gasteiger partial charge in [-0.15, -0.1) is 0 Å². The number of likely N-dealkylation sites (tertiary alicyclic amines) is 3. The highest BCUT2D eigenvalue weighted by atomic mass is 19.1. The van der Waals surface area contributed by atoms with Gasteiger partial charge < -0.3 is 20.1 Å². The standard InChI is InChI=1S/C33H39FN8O3/c1-33(2,3)45-32(43)41-17-23(18-41)40-15-22(16-40)39-14-13-27(26(34)19-39)42-31-28(30(35)36-20-37-31)29(38-42)21-9-11-25(12-10-21)44-24-7-5-4-6-8-24/h4-12,20,22-23,26-27H,13-19H2,1-3H3,(H2,35,36,37)/t26-,27+/m0/s1. The smallest absolute Gasteiger partial charge is 0.410 e. The van der Waals surface area contributed by atoms with E-state index in [0.29, 0.717) is 66.4 Å². The summed E-state index contributed by atoms with van der Waals surface area (Å²) >= 11 is 0. The topological polar surface area (TPSA) is 115 Å². The van der Waals surface area contributed by atoms with E-state index in [4.69, 9.17) is 20.3 Å². The number of alkyl halides is 1. The first-order valence-electron chi connectivity index (χ1n) is 15.5. The number of nitrogens with zero attached hydrogens (tertiary/aromatic N) is 7. The number of ether oxygens (including phenoxy) is 2. The predicted octanol–water partition coefficient (Wildman–Crippen LogP) is 4.76. The van der Waals surface area contributed by atoms with Crippen LogP contribution < -0.4 is 10.5 Å². The average molecular weight is 615 g/mol. The summed E-state index contributed by atoms with van der Waals surface area (Å²) in [4.78, 5) is 27.4. The molecule has 5 heterocycles. The summed E-state index contributed by atoms with van der Waals surface area (Å²) in [5, 5.41) is 5.52. The van der Waals surface area contributed by atoms with Crippen molar-refractivity contribution in [2.75, 3.05) is 45.0 Å². The van der Waals surface area contributed by atoms with Crippen molar-refractivity contribution >= 4 is 22.9 Å². The minimum absolute atomic E-state index is 0.256. The predicted molar refractivity (Wildman–Crippen MR) is 169 cm³/mol. The Labute approximate surface area is 261 Å². The number of rotatable bonds is 6. The van der Waals surface area contributed by atoms with Gasteiger partial charge in [0.25, 0.3) is 0 Å². The van der Waals surface area contributed by atoms with E-state index < -0.39 is 17.8 Å². The minimum Gasteiger partial charge on any atom is -0.457 e. The summed E-state index contributed by atoms with van der Waals surface area (Å²) in [7, 11) is 0. The van der Waals surface area contributed by atoms with E-state index in [9.17, 15) is 4.79 Å². The van der Waals surface area contributed by atoms with Gasteiger partial charge in [0.2, 0.25) is 0 Å². The monoisotopic (exact) mass is 614 g/mol. The Morgan fingerprint density at radius 2 is 1.60 bits per heavy atom. The van der Waals surface area contributed by atoms with Crippen molar-refractivity contribution in [3.63, 3.8) is 0 Å². The highest BCUT2D eigenvalue weighted by Gasteiger charge is 2.45. The minimum atomic E-state index is -1.12. The van der Waals surface area contributed by atoms with Crippen LogP contribution in [0.15, 0.2) is 60.9 Å². The van der Waals surface area contributed by atoms with Crippen LogP contribution in [0.3, 0.4) is 0 Å². The molecule has 3 aliphatic heterocycles. The number of carbonyl (C=O) groups is 1. The van der Waals surface area contributed by atoms with Crippen molar-refractivity contribution in [2.45, 2.75) is 57.1 Å². The molecule has 0 unspecified atom stereocenters. The molecular formula is C33H39FN8O3. The molecule has 2 N–H and O–H groups in total. The van der Waals surface area contributed by atoms with Crippen LogP contribution in [0.5, 0.6) is 11.5 Å². The molecule has 7 rings (SSSR count). The highest BCUT2D eigenvalue weighted by Crippen LogP contribution is 2.37. The first-order valence-corrected chi connectivity index (χ1v) is 15.5. The molecule has 3 aliphatic rings. The fraction of sp³-hybridized carbons (Fsp3) is 0.455. The van der Waals surface area contributed by atoms with Crippen LogP contribution in [0.25, 0.3) is 22.3 Å². The van der Waals surface area contributed by atoms with Gasteiger partial charge >= 0.3 is 6.09 Å². The maximum Gasteiger partial charge on any atom is 0.410 e. The average Bonchev–Trinajstić information content (AvgIpc) is 3.34. The molecule has 0 radical (unpaired) electrons. The number of fused-ring (bicyclic) bond motifs is 1. The lowest BCUT2D eigenvalue weighted by Crippen LogP contribution is -2.71. The first kappa shape index (κ1) is 29.4. The number of carbonyl (C=O) groups excluding carboxylic acids is 1. The van der Waals surface area contributed by atoms with Crippen molar-refractivity contribution in [1.82, 2.24) is 34.4 Å². The molecular weight excluding hydrogens is 575 g/mol. The number of benzene rings is 2. The summed E-state index contributed by atoms with van der Waals surface area (Å²) in [5.74, 6) is 1.76. The second-order valence-electron chi connectivity index (χ2n) is 13.2. The maximum absolute atomic E-state index is 15.9. The lowest BCUT2D eigenvalue weighted by molar-refractivity contribution is -0.0697. The van der Waals surface area contributed by atoms with Crippen LogP contribution in [0.4, 0.5) is 15.0 Å². The summed E-state index contributed by atoms with van der Waals surface area (Å²) < 4.78 is 29.1. The molecule has 45 heavy (non-hydrogen) atoms. The highest BCUT2D eigenvalue weighted by molar-refractivity contribution is 5.98. The SMILES string of the molecule is CC(C)(C)OC(=O)N1CC(N2CC(N3CC[C@@H](n4nc(-c5ccc(Oc6ccccc6)cc5)c5c(N)ncnc54)[C@@H](F)C3)C2)C1. The van der Waals surface area contributed by atoms with E-state index in [-0.39, 0.29) is 6.09 Å². The van der Waals surface area contributed by atoms with Crippen LogP contribution in [-0.2, 0) is 4.74 Å². The molecule has 3 saturated heterocycles. The Hall–Kier alpha value is -4.29. The lowest BCUT2D eigenvalue weighted by Gasteiger charge is -2.54. The fourth-order valence-electron chi connectivity index (χ4n) is 6.44. The number of nitrogens with two attached hydrogens (primary N) is 1. The van der Waals surface area contributed by atoms with Crippen molar-refractivity contribution < 1.29 is 18.7 Å². The van der Waals surface area contributed by atoms with Gasteiger partial charge in [0.15, 0.2) is 5.65 Å². The normalized spacial score (nSPS) is 21.8. The van der Waals surface area contributed by atoms with Crippen molar-refractivity contribution in [3.8, 4) is 22.8 Å². The van der Waals surface area contributed by atoms with Crippen molar-refractivity contribution in [1.29, 1.82) is 0 Å². The number of hydrogen-bond acceptors (Lipinski definition) is 9. The quantitative estimate of drug-likeness (QED) is 0.328. The molecule has 236 valence electrons. The summed E-state index contributed by atoms with van der Waals surface area (Å²) in [5.41, 5.74) is 7.83. The summed E-state index contributed by atoms with van der Waals surface area (Å²) in [6.07, 6.45) is 0.644. The molecule has 2 aromatic carbocycles. The molecule has 3 fully saturated rings. The number of piperidine rings is 1. The van der Waals surface area contributed by atoms with Gasteiger partial charge in [-0.1, -0.05) is 18.2 Å². The third-order valence-electron chi connectivity index (χ3n) is 8.91. The zero-order chi connectivity index (χ0) is 31.3. The number of aromatic nitrogens is 4. The Balaban J connectivity index is 0.996. The van der Waals surface area contributed by atoms with Crippen LogP contribution in [0.1, 0.15) is 33.2 Å². The Bertz CT molecular complexity index is 1660. The number of hydrogen-bond donors (Lipinski definition) is 1. The molecule has 1 amide bonds. The van der Waals surface area contributed by atoms with E-state index in [2.05, 4.69) is 19.8 Å². The molecule has 0 saturated carbocycles. The van der Waals surface area contributed by atoms with Crippen molar-refractivity contribution in [3.05, 3.63) is 60.9 Å². The molecule has 0 aliphatic carbocycles. The third-order valence-corrected chi connectivity index (χ3v) is 8.91. The van der Waals surface area contributed by atoms with Crippen LogP contribution in [0.2, 0.25) is 0 Å². The largest absolute Gasteiger partial charge is 0.457 e. The second-order valence-corrected chi connectivity index (χ2v) is 13.2. The molecule has 0 bridgehead atoms. The molecule has 2 atom stereocenters. The number of amides is 1. The zero-order valence-corrected chi connectivity index (χ0v) is 25.8. The van der Waals surface area contributed by atoms with Crippen LogP contribution >= 0.6 is 0 Å². The first-order chi connectivity index (χ1) is 21.6. The van der Waals surface area contributed by atoms with Gasteiger partial charge in [0.1, 0.15) is 41.1 Å². The van der Waals surface area contributed by atoms with E-state index in [1.807, 2.05) is 75.4 Å². The lowest BCUT2D eigenvalue weighted by atomic mass is 9.95. The zero-order valence-electron chi connectivity index (χ0n) is 25.8. The molecule has 4 aromatic rings. The van der Waals surface area contributed by atoms with E-state index in [1.165, 1.54) is 6.33 Å². The van der Waals surface area contributed by atoms with E-state index >= 15 is 4.39 Å². The summed E-state index contributed by atoms with van der Waals surface area (Å²) in [6, 6.07) is 17.4. The Kier molecular flexibility index (Phi) is 7.57. The van der Waals surface area contributed by atoms with Crippen LogP contribution in [-0.4, -0.2) is 104 Å².